The van der Waals surface area contributed by atoms with E-state index in [0.29, 0.717) is 6.54 Å². The molecule has 0 bridgehead atoms. The number of pyridine rings is 1. The summed E-state index contributed by atoms with van der Waals surface area (Å²) in [6.07, 6.45) is 2.52. The molecule has 4 heteroatoms. The van der Waals surface area contributed by atoms with Crippen LogP contribution in [0.25, 0.3) is 10.4 Å². The van der Waals surface area contributed by atoms with E-state index < -0.39 is 0 Å². The zero-order chi connectivity index (χ0) is 8.81. The van der Waals surface area contributed by atoms with E-state index in [1.807, 2.05) is 19.1 Å². The van der Waals surface area contributed by atoms with Crippen molar-refractivity contribution in [2.24, 2.45) is 5.11 Å². The van der Waals surface area contributed by atoms with Crippen molar-refractivity contribution in [3.8, 4) is 0 Å². The molecule has 0 saturated carbocycles. The predicted octanol–water partition coefficient (Wildman–Crippen LogP) is 2.24. The lowest BCUT2D eigenvalue weighted by atomic mass is 10.1. The summed E-state index contributed by atoms with van der Waals surface area (Å²) in [5.41, 5.74) is 10.2. The Balaban J connectivity index is 2.62. The summed E-state index contributed by atoms with van der Waals surface area (Å²) >= 11 is 0. The molecule has 0 unspecified atom stereocenters. The number of azide groups is 1. The van der Waals surface area contributed by atoms with Gasteiger partial charge in [-0.05, 0) is 30.5 Å². The molecule has 62 valence electrons. The molecule has 12 heavy (non-hydrogen) atoms. The van der Waals surface area contributed by atoms with Gasteiger partial charge in [0.1, 0.15) is 0 Å². The standard InChI is InChI=1S/C8H10N4/c1-7-8(3-2-5-10-7)4-6-11-12-9/h2-3,5H,4,6H2,1H3. The van der Waals surface area contributed by atoms with Crippen molar-refractivity contribution in [3.05, 3.63) is 40.0 Å². The second-order valence-electron chi connectivity index (χ2n) is 2.45. The lowest BCUT2D eigenvalue weighted by Crippen LogP contribution is -1.93. The summed E-state index contributed by atoms with van der Waals surface area (Å²) in [5.74, 6) is 0. The zero-order valence-corrected chi connectivity index (χ0v) is 6.94. The molecule has 1 aromatic heterocycles. The molecule has 4 nitrogen and oxygen atoms in total. The maximum Gasteiger partial charge on any atom is 0.0404 e. The first kappa shape index (κ1) is 8.56. The first-order valence-corrected chi connectivity index (χ1v) is 3.76. The van der Waals surface area contributed by atoms with Crippen LogP contribution in [-0.2, 0) is 6.42 Å². The molecule has 1 aromatic rings. The summed E-state index contributed by atoms with van der Waals surface area (Å²) in [6.45, 7) is 2.45. The van der Waals surface area contributed by atoms with Crippen molar-refractivity contribution < 1.29 is 0 Å². The SMILES string of the molecule is Cc1ncccc1CCN=[N+]=[N-]. The van der Waals surface area contributed by atoms with Crippen molar-refractivity contribution in [1.82, 2.24) is 4.98 Å². The molecule has 0 amide bonds. The van der Waals surface area contributed by atoms with E-state index in [2.05, 4.69) is 15.0 Å². The van der Waals surface area contributed by atoms with E-state index in [4.69, 9.17) is 5.53 Å². The van der Waals surface area contributed by atoms with Crippen LogP contribution in [0, 0.1) is 6.92 Å². The summed E-state index contributed by atoms with van der Waals surface area (Å²) in [6, 6.07) is 3.88. The minimum atomic E-state index is 0.503. The Kier molecular flexibility index (Phi) is 3.11. The maximum absolute atomic E-state index is 8.06. The average Bonchev–Trinajstić information content (AvgIpc) is 2.09. The van der Waals surface area contributed by atoms with Gasteiger partial charge in [-0.3, -0.25) is 4.98 Å². The van der Waals surface area contributed by atoms with Gasteiger partial charge < -0.3 is 0 Å². The molecule has 0 atom stereocenters. The molecule has 0 N–H and O–H groups in total. The van der Waals surface area contributed by atoms with Crippen LogP contribution >= 0.6 is 0 Å². The van der Waals surface area contributed by atoms with Crippen molar-refractivity contribution in [2.75, 3.05) is 6.54 Å². The summed E-state index contributed by atoms with van der Waals surface area (Å²) in [5, 5.41) is 3.46. The van der Waals surface area contributed by atoms with Crippen LogP contribution in [-0.4, -0.2) is 11.5 Å². The Bertz CT molecular complexity index is 302. The van der Waals surface area contributed by atoms with Gasteiger partial charge in [-0.1, -0.05) is 11.2 Å². The van der Waals surface area contributed by atoms with E-state index in [1.54, 1.807) is 6.20 Å². The first-order chi connectivity index (χ1) is 5.84. The normalized spacial score (nSPS) is 9.08. The van der Waals surface area contributed by atoms with Gasteiger partial charge in [-0.25, -0.2) is 0 Å². The van der Waals surface area contributed by atoms with E-state index in [9.17, 15) is 0 Å². The van der Waals surface area contributed by atoms with Gasteiger partial charge in [0.2, 0.25) is 0 Å². The maximum atomic E-state index is 8.06. The van der Waals surface area contributed by atoms with Crippen LogP contribution in [0.5, 0.6) is 0 Å². The lowest BCUT2D eigenvalue weighted by molar-refractivity contribution is 0.930. The fourth-order valence-corrected chi connectivity index (χ4v) is 0.997. The fourth-order valence-electron chi connectivity index (χ4n) is 0.997. The van der Waals surface area contributed by atoms with Crippen LogP contribution in [0.4, 0.5) is 0 Å². The third-order valence-electron chi connectivity index (χ3n) is 1.66. The highest BCUT2D eigenvalue weighted by atomic mass is 15.1. The molecule has 0 aliphatic rings. The van der Waals surface area contributed by atoms with Crippen molar-refractivity contribution in [1.29, 1.82) is 0 Å². The lowest BCUT2D eigenvalue weighted by Gasteiger charge is -2.00. The summed E-state index contributed by atoms with van der Waals surface area (Å²) in [7, 11) is 0. The van der Waals surface area contributed by atoms with Crippen LogP contribution in [0.3, 0.4) is 0 Å². The number of hydrogen-bond donors (Lipinski definition) is 0. The highest BCUT2D eigenvalue weighted by Crippen LogP contribution is 2.04. The number of nitrogens with zero attached hydrogens (tertiary/aromatic N) is 4. The molecule has 0 spiro atoms. The van der Waals surface area contributed by atoms with E-state index in [1.165, 1.54) is 0 Å². The number of hydrogen-bond acceptors (Lipinski definition) is 2. The molecule has 0 fully saturated rings. The van der Waals surface area contributed by atoms with Gasteiger partial charge in [0, 0.05) is 23.3 Å². The van der Waals surface area contributed by atoms with Gasteiger partial charge in [0.05, 0.1) is 0 Å². The van der Waals surface area contributed by atoms with Crippen LogP contribution in [0.1, 0.15) is 11.3 Å². The third kappa shape index (κ3) is 2.25. The van der Waals surface area contributed by atoms with Gasteiger partial charge >= 0.3 is 0 Å². The van der Waals surface area contributed by atoms with Crippen molar-refractivity contribution >= 4 is 0 Å². The van der Waals surface area contributed by atoms with E-state index in [0.717, 1.165) is 17.7 Å². The van der Waals surface area contributed by atoms with Gasteiger partial charge in [-0.15, -0.1) is 0 Å². The van der Waals surface area contributed by atoms with Crippen LogP contribution in [0.2, 0.25) is 0 Å². The van der Waals surface area contributed by atoms with Gasteiger partial charge in [-0.2, -0.15) is 0 Å². The molecule has 1 heterocycles. The summed E-state index contributed by atoms with van der Waals surface area (Å²) in [4.78, 5) is 6.81. The third-order valence-corrected chi connectivity index (χ3v) is 1.66. The molecular formula is C8H10N4. The number of aryl methyl sites for hydroxylation is 1. The molecule has 0 radical (unpaired) electrons. The molecule has 0 saturated heterocycles. The van der Waals surface area contributed by atoms with Gasteiger partial charge in [0.25, 0.3) is 0 Å². The fraction of sp³-hybridized carbons (Fsp3) is 0.375. The first-order valence-electron chi connectivity index (χ1n) is 3.76. The second-order valence-corrected chi connectivity index (χ2v) is 2.45. The Morgan fingerprint density at radius 2 is 2.50 bits per heavy atom. The van der Waals surface area contributed by atoms with Crippen molar-refractivity contribution in [2.45, 2.75) is 13.3 Å². The number of aromatic nitrogens is 1. The Morgan fingerprint density at radius 1 is 1.67 bits per heavy atom. The van der Waals surface area contributed by atoms with Crippen LogP contribution in [0.15, 0.2) is 23.4 Å². The Hall–Kier alpha value is -1.54. The molecular weight excluding hydrogens is 152 g/mol. The topological polar surface area (TPSA) is 61.7 Å². The Morgan fingerprint density at radius 3 is 3.17 bits per heavy atom. The molecule has 0 aliphatic heterocycles. The number of rotatable bonds is 3. The summed E-state index contributed by atoms with van der Waals surface area (Å²) < 4.78 is 0. The highest BCUT2D eigenvalue weighted by Gasteiger charge is 1.95. The van der Waals surface area contributed by atoms with E-state index in [-0.39, 0.29) is 0 Å². The second kappa shape index (κ2) is 4.36. The zero-order valence-electron chi connectivity index (χ0n) is 6.94. The molecule has 1 rings (SSSR count). The van der Waals surface area contributed by atoms with Crippen molar-refractivity contribution in [3.63, 3.8) is 0 Å². The Labute approximate surface area is 70.9 Å². The van der Waals surface area contributed by atoms with E-state index >= 15 is 0 Å². The minimum absolute atomic E-state index is 0.503. The van der Waals surface area contributed by atoms with Crippen LogP contribution < -0.4 is 0 Å². The monoisotopic (exact) mass is 162 g/mol. The average molecular weight is 162 g/mol. The largest absolute Gasteiger partial charge is 0.261 e. The minimum Gasteiger partial charge on any atom is -0.261 e. The van der Waals surface area contributed by atoms with Gasteiger partial charge in [0.15, 0.2) is 0 Å². The highest BCUT2D eigenvalue weighted by molar-refractivity contribution is 5.18. The molecule has 0 aromatic carbocycles. The smallest absolute Gasteiger partial charge is 0.0404 e. The predicted molar refractivity (Wildman–Crippen MR) is 46.7 cm³/mol. The quantitative estimate of drug-likeness (QED) is 0.382. The molecule has 0 aliphatic carbocycles.